The molecule has 1 rings (SSSR count). The van der Waals surface area contributed by atoms with Gasteiger partial charge >= 0.3 is 0 Å². The zero-order valence-corrected chi connectivity index (χ0v) is 8.04. The van der Waals surface area contributed by atoms with Crippen LogP contribution in [0, 0.1) is 0 Å². The highest BCUT2D eigenvalue weighted by atomic mass is 15.1. The maximum Gasteiger partial charge on any atom is 0.101 e. The van der Waals surface area contributed by atoms with Gasteiger partial charge in [0.1, 0.15) is 6.54 Å². The molecule has 0 fully saturated rings. The smallest absolute Gasteiger partial charge is 0.101 e. The number of quaternary nitrogens is 1. The Hall–Kier alpha value is -1.02. The molecule has 0 aliphatic heterocycles. The van der Waals surface area contributed by atoms with Gasteiger partial charge in [-0.05, 0) is 12.1 Å². The average Bonchev–Trinajstić information content (AvgIpc) is 2.06. The molecular weight excluding hydrogens is 148 g/mol. The van der Waals surface area contributed by atoms with Crippen LogP contribution in [0.1, 0.15) is 5.56 Å². The summed E-state index contributed by atoms with van der Waals surface area (Å²) in [6.45, 7) is 1.06. The third-order valence-corrected chi connectivity index (χ3v) is 1.89. The van der Waals surface area contributed by atoms with Crippen molar-refractivity contribution in [2.75, 3.05) is 26.0 Å². The fraction of sp³-hybridized carbons (Fsp3) is 0.400. The highest BCUT2D eigenvalue weighted by molar-refractivity contribution is 5.45. The van der Waals surface area contributed by atoms with Gasteiger partial charge in [-0.2, -0.15) is 0 Å². The van der Waals surface area contributed by atoms with Crippen molar-refractivity contribution in [1.82, 2.24) is 0 Å². The number of benzene rings is 1. The highest BCUT2D eigenvalue weighted by Crippen LogP contribution is 2.11. The molecule has 0 aromatic heterocycles. The fourth-order valence-corrected chi connectivity index (χ4v) is 1.17. The van der Waals surface area contributed by atoms with Crippen LogP contribution in [0.15, 0.2) is 24.3 Å². The van der Waals surface area contributed by atoms with Crippen LogP contribution >= 0.6 is 0 Å². The summed E-state index contributed by atoms with van der Waals surface area (Å²) in [6.07, 6.45) is 0. The lowest BCUT2D eigenvalue weighted by Crippen LogP contribution is -2.77. The summed E-state index contributed by atoms with van der Waals surface area (Å²) >= 11 is 0. The maximum absolute atomic E-state index is 2.18. The predicted octanol–water partition coefficient (Wildman–Crippen LogP) is 0.446. The first kappa shape index (κ1) is 9.07. The first-order chi connectivity index (χ1) is 5.74. The Morgan fingerprint density at radius 1 is 1.17 bits per heavy atom. The topological polar surface area (TPSA) is 19.9 Å². The van der Waals surface area contributed by atoms with Crippen LogP contribution in [-0.2, 0) is 6.54 Å². The Morgan fingerprint density at radius 2 is 1.75 bits per heavy atom. The minimum Gasteiger partial charge on any atom is -0.378 e. The van der Waals surface area contributed by atoms with Crippen LogP contribution in [0.25, 0.3) is 0 Å². The number of hydrogen-bond donors (Lipinski definition) is 1. The molecule has 0 aliphatic rings. The number of nitrogens with two attached hydrogens (primary N) is 1. The van der Waals surface area contributed by atoms with E-state index in [1.807, 2.05) is 0 Å². The third kappa shape index (κ3) is 2.24. The van der Waals surface area contributed by atoms with Crippen LogP contribution in [-0.4, -0.2) is 21.1 Å². The molecule has 0 radical (unpaired) electrons. The molecule has 0 atom stereocenters. The molecule has 1 aromatic carbocycles. The van der Waals surface area contributed by atoms with E-state index < -0.39 is 0 Å². The Morgan fingerprint density at radius 3 is 2.17 bits per heavy atom. The molecule has 0 heterocycles. The molecule has 0 amide bonds. The lowest BCUT2D eigenvalue weighted by atomic mass is 10.2. The summed E-state index contributed by atoms with van der Waals surface area (Å²) in [7, 11) is 6.20. The Balaban J connectivity index is 2.71. The Labute approximate surface area is 74.2 Å². The normalized spacial score (nSPS) is 9.92. The molecule has 12 heavy (non-hydrogen) atoms. The Kier molecular flexibility index (Phi) is 3.11. The molecule has 1 aromatic rings. The first-order valence-corrected chi connectivity index (χ1v) is 4.28. The van der Waals surface area contributed by atoms with Crippen molar-refractivity contribution < 1.29 is 5.32 Å². The standard InChI is InChI=1S/C10H16N2/c1-11-8-9-4-6-10(7-5-9)12(2)3/h4-7,11H,8H2,1-3H3/p+1. The van der Waals surface area contributed by atoms with E-state index in [1.54, 1.807) is 0 Å². The van der Waals surface area contributed by atoms with E-state index in [-0.39, 0.29) is 0 Å². The summed E-state index contributed by atoms with van der Waals surface area (Å²) in [5, 5.41) is 2.17. The minimum atomic E-state index is 1.06. The van der Waals surface area contributed by atoms with Crippen LogP contribution in [0.2, 0.25) is 0 Å². The van der Waals surface area contributed by atoms with Gasteiger partial charge < -0.3 is 10.2 Å². The number of rotatable bonds is 3. The van der Waals surface area contributed by atoms with Crippen molar-refractivity contribution in [2.24, 2.45) is 0 Å². The molecule has 0 saturated carbocycles. The first-order valence-electron chi connectivity index (χ1n) is 4.28. The van der Waals surface area contributed by atoms with Gasteiger partial charge in [0.05, 0.1) is 7.05 Å². The van der Waals surface area contributed by atoms with Gasteiger partial charge in [-0.25, -0.2) is 0 Å². The number of hydrogen-bond acceptors (Lipinski definition) is 1. The van der Waals surface area contributed by atoms with E-state index in [0.29, 0.717) is 0 Å². The van der Waals surface area contributed by atoms with Gasteiger partial charge in [0.25, 0.3) is 0 Å². The molecule has 0 unspecified atom stereocenters. The summed E-state index contributed by atoms with van der Waals surface area (Å²) in [5.41, 5.74) is 2.64. The van der Waals surface area contributed by atoms with Crippen LogP contribution in [0.3, 0.4) is 0 Å². The lowest BCUT2D eigenvalue weighted by molar-refractivity contribution is -0.643. The predicted molar refractivity (Wildman–Crippen MR) is 52.3 cm³/mol. The second kappa shape index (κ2) is 4.12. The van der Waals surface area contributed by atoms with E-state index >= 15 is 0 Å². The number of anilines is 1. The molecule has 0 spiro atoms. The second-order valence-electron chi connectivity index (χ2n) is 3.17. The summed E-state index contributed by atoms with van der Waals surface area (Å²) in [4.78, 5) is 2.11. The SMILES string of the molecule is C[NH2+]Cc1ccc(N(C)C)cc1. The van der Waals surface area contributed by atoms with E-state index in [9.17, 15) is 0 Å². The Bertz CT molecular complexity index is 226. The molecule has 66 valence electrons. The maximum atomic E-state index is 2.18. The van der Waals surface area contributed by atoms with Crippen molar-refractivity contribution in [3.63, 3.8) is 0 Å². The monoisotopic (exact) mass is 165 g/mol. The average molecular weight is 165 g/mol. The van der Waals surface area contributed by atoms with E-state index in [0.717, 1.165) is 6.54 Å². The van der Waals surface area contributed by atoms with Crippen LogP contribution in [0.4, 0.5) is 5.69 Å². The van der Waals surface area contributed by atoms with Gasteiger partial charge in [0.2, 0.25) is 0 Å². The van der Waals surface area contributed by atoms with Crippen LogP contribution < -0.4 is 10.2 Å². The summed E-state index contributed by atoms with van der Waals surface area (Å²) in [6, 6.07) is 8.66. The van der Waals surface area contributed by atoms with E-state index in [2.05, 4.69) is 55.6 Å². The molecule has 2 N–H and O–H groups in total. The zero-order valence-electron chi connectivity index (χ0n) is 8.04. The van der Waals surface area contributed by atoms with Crippen molar-refractivity contribution in [1.29, 1.82) is 0 Å². The van der Waals surface area contributed by atoms with Gasteiger partial charge in [-0.1, -0.05) is 12.1 Å². The van der Waals surface area contributed by atoms with Crippen molar-refractivity contribution >= 4 is 5.69 Å². The molecule has 2 nitrogen and oxygen atoms in total. The zero-order chi connectivity index (χ0) is 8.97. The van der Waals surface area contributed by atoms with Gasteiger partial charge in [0, 0.05) is 25.3 Å². The van der Waals surface area contributed by atoms with Gasteiger partial charge in [-0.15, -0.1) is 0 Å². The molecule has 2 heteroatoms. The van der Waals surface area contributed by atoms with Crippen molar-refractivity contribution in [3.8, 4) is 0 Å². The van der Waals surface area contributed by atoms with Crippen LogP contribution in [0.5, 0.6) is 0 Å². The van der Waals surface area contributed by atoms with E-state index in [4.69, 9.17) is 0 Å². The van der Waals surface area contributed by atoms with Crippen molar-refractivity contribution in [3.05, 3.63) is 29.8 Å². The summed E-state index contributed by atoms with van der Waals surface area (Å²) < 4.78 is 0. The summed E-state index contributed by atoms with van der Waals surface area (Å²) in [5.74, 6) is 0. The third-order valence-electron chi connectivity index (χ3n) is 1.89. The fourth-order valence-electron chi connectivity index (χ4n) is 1.17. The number of nitrogens with zero attached hydrogens (tertiary/aromatic N) is 1. The lowest BCUT2D eigenvalue weighted by Gasteiger charge is -2.11. The minimum absolute atomic E-state index is 1.06. The highest BCUT2D eigenvalue weighted by Gasteiger charge is 1.95. The molecule has 0 bridgehead atoms. The van der Waals surface area contributed by atoms with Gasteiger partial charge in [-0.3, -0.25) is 0 Å². The van der Waals surface area contributed by atoms with E-state index in [1.165, 1.54) is 11.3 Å². The quantitative estimate of drug-likeness (QED) is 0.689. The largest absolute Gasteiger partial charge is 0.378 e. The van der Waals surface area contributed by atoms with Gasteiger partial charge in [0.15, 0.2) is 0 Å². The molecular formula is C10H17N2+. The van der Waals surface area contributed by atoms with Crippen molar-refractivity contribution in [2.45, 2.75) is 6.54 Å². The molecule has 0 aliphatic carbocycles. The second-order valence-corrected chi connectivity index (χ2v) is 3.17. The molecule has 0 saturated heterocycles.